The Morgan fingerprint density at radius 1 is 1.67 bits per heavy atom. The van der Waals surface area contributed by atoms with E-state index in [9.17, 15) is 9.90 Å². The number of aromatic carboxylic acids is 1. The van der Waals surface area contributed by atoms with Crippen molar-refractivity contribution in [2.24, 2.45) is 0 Å². The molecule has 5 nitrogen and oxygen atoms in total. The second-order valence-corrected chi connectivity index (χ2v) is 4.48. The smallest absolute Gasteiger partial charge is 0.336 e. The second-order valence-electron chi connectivity index (χ2n) is 4.10. The van der Waals surface area contributed by atoms with E-state index < -0.39 is 5.97 Å². The van der Waals surface area contributed by atoms with Crippen molar-refractivity contribution in [3.05, 3.63) is 29.1 Å². The zero-order valence-electron chi connectivity index (χ0n) is 10.1. The number of hydrogen-bond donors (Lipinski definition) is 2. The lowest BCUT2D eigenvalue weighted by Gasteiger charge is -2.31. The maximum Gasteiger partial charge on any atom is 0.336 e. The zero-order valence-corrected chi connectivity index (χ0v) is 11.0. The standard InChI is InChI=1S/C12H15N3O2S/c1-2-13-12(18)15-6-4-10-9(7-15)8(11(16)17)3-5-14-10/h3,5H,2,4,6-7H2,1H3,(H,13,18)(H,16,17). The lowest BCUT2D eigenvalue weighted by Crippen LogP contribution is -2.43. The summed E-state index contributed by atoms with van der Waals surface area (Å²) >= 11 is 5.26. The number of pyridine rings is 1. The number of nitrogens with zero attached hydrogens (tertiary/aromatic N) is 2. The van der Waals surface area contributed by atoms with Crippen LogP contribution in [0, 0.1) is 0 Å². The number of hydrogen-bond acceptors (Lipinski definition) is 3. The Morgan fingerprint density at radius 3 is 3.11 bits per heavy atom. The van der Waals surface area contributed by atoms with Gasteiger partial charge in [-0.2, -0.15) is 0 Å². The summed E-state index contributed by atoms with van der Waals surface area (Å²) in [5.74, 6) is -0.912. The molecule has 1 aliphatic rings. The van der Waals surface area contributed by atoms with E-state index in [1.165, 1.54) is 0 Å². The van der Waals surface area contributed by atoms with Crippen molar-refractivity contribution in [3.8, 4) is 0 Å². The minimum Gasteiger partial charge on any atom is -0.478 e. The van der Waals surface area contributed by atoms with Gasteiger partial charge in [-0.25, -0.2) is 4.79 Å². The predicted octanol–water partition coefficient (Wildman–Crippen LogP) is 1.03. The third-order valence-electron chi connectivity index (χ3n) is 2.96. The first kappa shape index (κ1) is 12.8. The number of rotatable bonds is 2. The number of carboxylic acids is 1. The highest BCUT2D eigenvalue weighted by Crippen LogP contribution is 2.20. The number of thiocarbonyl (C=S) groups is 1. The number of nitrogens with one attached hydrogen (secondary N) is 1. The van der Waals surface area contributed by atoms with Gasteiger partial charge in [0.25, 0.3) is 0 Å². The Labute approximate surface area is 111 Å². The molecule has 0 saturated carbocycles. The maximum absolute atomic E-state index is 11.2. The highest BCUT2D eigenvalue weighted by Gasteiger charge is 2.23. The van der Waals surface area contributed by atoms with Gasteiger partial charge in [-0.1, -0.05) is 0 Å². The van der Waals surface area contributed by atoms with Gasteiger partial charge in [-0.05, 0) is 25.2 Å². The van der Waals surface area contributed by atoms with Crippen LogP contribution in [0.25, 0.3) is 0 Å². The quantitative estimate of drug-likeness (QED) is 0.779. The Bertz CT molecular complexity index is 490. The summed E-state index contributed by atoms with van der Waals surface area (Å²) in [5.41, 5.74) is 1.96. The lowest BCUT2D eigenvalue weighted by atomic mass is 10.0. The monoisotopic (exact) mass is 265 g/mol. The largest absolute Gasteiger partial charge is 0.478 e. The van der Waals surface area contributed by atoms with E-state index in [2.05, 4.69) is 10.3 Å². The van der Waals surface area contributed by atoms with Gasteiger partial charge in [-0.15, -0.1) is 0 Å². The minimum absolute atomic E-state index is 0.323. The molecule has 0 aliphatic carbocycles. The molecular formula is C12H15N3O2S. The van der Waals surface area contributed by atoms with Crippen molar-refractivity contribution in [2.45, 2.75) is 19.9 Å². The molecule has 1 aromatic rings. The van der Waals surface area contributed by atoms with Gasteiger partial charge < -0.3 is 15.3 Å². The minimum atomic E-state index is -0.912. The van der Waals surface area contributed by atoms with Crippen LogP contribution in [0.4, 0.5) is 0 Å². The molecule has 0 aromatic carbocycles. The molecule has 6 heteroatoms. The Morgan fingerprint density at radius 2 is 2.44 bits per heavy atom. The van der Waals surface area contributed by atoms with E-state index in [1.54, 1.807) is 12.3 Å². The van der Waals surface area contributed by atoms with Gasteiger partial charge in [0.15, 0.2) is 5.11 Å². The van der Waals surface area contributed by atoms with Crippen LogP contribution >= 0.6 is 12.2 Å². The number of carboxylic acid groups (broad SMARTS) is 1. The maximum atomic E-state index is 11.2. The van der Waals surface area contributed by atoms with Crippen molar-refractivity contribution >= 4 is 23.3 Å². The third-order valence-corrected chi connectivity index (χ3v) is 3.36. The summed E-state index contributed by atoms with van der Waals surface area (Å²) in [5, 5.41) is 12.9. The predicted molar refractivity (Wildman–Crippen MR) is 71.6 cm³/mol. The molecule has 1 aromatic heterocycles. The summed E-state index contributed by atoms with van der Waals surface area (Å²) in [6.07, 6.45) is 2.28. The van der Waals surface area contributed by atoms with Gasteiger partial charge in [0.05, 0.1) is 5.56 Å². The van der Waals surface area contributed by atoms with Crippen LogP contribution in [0.3, 0.4) is 0 Å². The van der Waals surface area contributed by atoms with E-state index >= 15 is 0 Å². The SMILES string of the molecule is CCNC(=S)N1CCc2nccc(C(=O)O)c2C1. The molecule has 18 heavy (non-hydrogen) atoms. The van der Waals surface area contributed by atoms with E-state index in [0.29, 0.717) is 17.2 Å². The van der Waals surface area contributed by atoms with E-state index in [1.807, 2.05) is 11.8 Å². The summed E-state index contributed by atoms with van der Waals surface area (Å²) < 4.78 is 0. The van der Waals surface area contributed by atoms with E-state index in [0.717, 1.165) is 30.8 Å². The van der Waals surface area contributed by atoms with E-state index in [-0.39, 0.29) is 0 Å². The summed E-state index contributed by atoms with van der Waals surface area (Å²) in [6.45, 7) is 4.03. The van der Waals surface area contributed by atoms with Crippen LogP contribution in [-0.2, 0) is 13.0 Å². The molecule has 0 radical (unpaired) electrons. The van der Waals surface area contributed by atoms with Crippen molar-refractivity contribution in [1.82, 2.24) is 15.2 Å². The van der Waals surface area contributed by atoms with Crippen LogP contribution in [0.1, 0.15) is 28.5 Å². The summed E-state index contributed by atoms with van der Waals surface area (Å²) in [6, 6.07) is 1.54. The molecule has 96 valence electrons. The number of aromatic nitrogens is 1. The van der Waals surface area contributed by atoms with Crippen LogP contribution in [0.2, 0.25) is 0 Å². The fourth-order valence-electron chi connectivity index (χ4n) is 2.08. The fraction of sp³-hybridized carbons (Fsp3) is 0.417. The fourth-order valence-corrected chi connectivity index (χ4v) is 2.38. The molecule has 2 rings (SSSR count). The van der Waals surface area contributed by atoms with Gasteiger partial charge in [0.1, 0.15) is 0 Å². The Balaban J connectivity index is 2.27. The molecule has 0 bridgehead atoms. The summed E-state index contributed by atoms with van der Waals surface area (Å²) in [7, 11) is 0. The average molecular weight is 265 g/mol. The molecule has 1 aliphatic heterocycles. The van der Waals surface area contributed by atoms with Gasteiger partial charge in [0.2, 0.25) is 0 Å². The van der Waals surface area contributed by atoms with E-state index in [4.69, 9.17) is 12.2 Å². The van der Waals surface area contributed by atoms with Crippen molar-refractivity contribution < 1.29 is 9.90 Å². The molecule has 0 fully saturated rings. The van der Waals surface area contributed by atoms with Crippen molar-refractivity contribution in [1.29, 1.82) is 0 Å². The summed E-state index contributed by atoms with van der Waals surface area (Å²) in [4.78, 5) is 17.4. The Hall–Kier alpha value is -1.69. The molecule has 0 saturated heterocycles. The normalized spacial score (nSPS) is 13.9. The first-order valence-electron chi connectivity index (χ1n) is 5.86. The third kappa shape index (κ3) is 2.43. The van der Waals surface area contributed by atoms with Crippen LogP contribution < -0.4 is 5.32 Å². The molecular weight excluding hydrogens is 250 g/mol. The molecule has 2 N–H and O–H groups in total. The molecule has 0 spiro atoms. The van der Waals surface area contributed by atoms with Crippen LogP contribution in [0.15, 0.2) is 12.3 Å². The zero-order chi connectivity index (χ0) is 13.1. The van der Waals surface area contributed by atoms with Gasteiger partial charge in [-0.3, -0.25) is 4.98 Å². The highest BCUT2D eigenvalue weighted by atomic mass is 32.1. The molecule has 0 atom stereocenters. The average Bonchev–Trinajstić information content (AvgIpc) is 2.37. The number of carbonyl (C=O) groups is 1. The van der Waals surface area contributed by atoms with Gasteiger partial charge >= 0.3 is 5.97 Å². The van der Waals surface area contributed by atoms with Crippen molar-refractivity contribution in [3.63, 3.8) is 0 Å². The first-order chi connectivity index (χ1) is 8.63. The van der Waals surface area contributed by atoms with Crippen LogP contribution in [0.5, 0.6) is 0 Å². The molecule has 0 amide bonds. The number of fused-ring (bicyclic) bond motifs is 1. The van der Waals surface area contributed by atoms with Crippen molar-refractivity contribution in [2.75, 3.05) is 13.1 Å². The topological polar surface area (TPSA) is 65.5 Å². The molecule has 0 unspecified atom stereocenters. The first-order valence-corrected chi connectivity index (χ1v) is 6.27. The Kier molecular flexibility index (Phi) is 3.76. The van der Waals surface area contributed by atoms with Crippen LogP contribution in [-0.4, -0.2) is 39.2 Å². The second kappa shape index (κ2) is 5.30. The lowest BCUT2D eigenvalue weighted by molar-refractivity contribution is 0.0694. The highest BCUT2D eigenvalue weighted by molar-refractivity contribution is 7.80. The van der Waals surface area contributed by atoms with Gasteiger partial charge in [0, 0.05) is 43.5 Å². The molecule has 2 heterocycles.